The van der Waals surface area contributed by atoms with Crippen LogP contribution in [0.5, 0.6) is 5.75 Å². The maximum Gasteiger partial charge on any atom is 0.116 e. The second-order valence-corrected chi connectivity index (χ2v) is 6.97. The van der Waals surface area contributed by atoms with Gasteiger partial charge in [0.2, 0.25) is 0 Å². The number of nitrogens with zero attached hydrogens (tertiary/aromatic N) is 2. The van der Waals surface area contributed by atoms with E-state index in [1.165, 1.54) is 17.7 Å². The maximum atomic E-state index is 9.94. The molecule has 3 unspecified atom stereocenters. The van der Waals surface area contributed by atoms with Crippen molar-refractivity contribution in [2.45, 2.75) is 37.6 Å². The van der Waals surface area contributed by atoms with E-state index in [0.29, 0.717) is 17.7 Å². The second kappa shape index (κ2) is 3.77. The van der Waals surface area contributed by atoms with E-state index in [1.807, 2.05) is 12.1 Å². The first-order valence-corrected chi connectivity index (χ1v) is 8.03. The number of aliphatic imine (C=N–C) groups is 1. The first-order valence-electron chi connectivity index (χ1n) is 8.03. The van der Waals surface area contributed by atoms with Crippen molar-refractivity contribution >= 4 is 11.4 Å². The first kappa shape index (κ1) is 12.0. The van der Waals surface area contributed by atoms with Crippen LogP contribution in [0.25, 0.3) is 0 Å². The highest BCUT2D eigenvalue weighted by atomic mass is 16.3. The van der Waals surface area contributed by atoms with Crippen LogP contribution in [0.2, 0.25) is 0 Å². The van der Waals surface area contributed by atoms with Gasteiger partial charge >= 0.3 is 0 Å². The Labute approximate surface area is 125 Å². The summed E-state index contributed by atoms with van der Waals surface area (Å²) in [5.41, 5.74) is 5.46. The first-order chi connectivity index (χ1) is 10.2. The maximum absolute atomic E-state index is 9.94. The van der Waals surface area contributed by atoms with Crippen LogP contribution >= 0.6 is 0 Å². The number of piperidine rings is 1. The van der Waals surface area contributed by atoms with Crippen LogP contribution < -0.4 is 0 Å². The second-order valence-electron chi connectivity index (χ2n) is 6.97. The van der Waals surface area contributed by atoms with Gasteiger partial charge in [-0.3, -0.25) is 9.89 Å². The number of hydrogen-bond acceptors (Lipinski definition) is 3. The zero-order chi connectivity index (χ0) is 14.2. The molecule has 0 radical (unpaired) electrons. The van der Waals surface area contributed by atoms with Crippen LogP contribution in [0.3, 0.4) is 0 Å². The summed E-state index contributed by atoms with van der Waals surface area (Å²) in [5, 5.41) is 9.94. The molecular formula is C18H20N2O. The summed E-state index contributed by atoms with van der Waals surface area (Å²) in [4.78, 5) is 7.64. The van der Waals surface area contributed by atoms with Gasteiger partial charge in [-0.25, -0.2) is 0 Å². The van der Waals surface area contributed by atoms with Crippen LogP contribution in [-0.4, -0.2) is 34.8 Å². The molecule has 1 spiro atoms. The number of rotatable bonds is 0. The number of benzene rings is 1. The molecule has 1 N–H and O–H groups in total. The summed E-state index contributed by atoms with van der Waals surface area (Å²) in [5.74, 6) is 1.06. The molecule has 3 atom stereocenters. The Bertz CT molecular complexity index is 705. The Morgan fingerprint density at radius 1 is 1.43 bits per heavy atom. The molecular weight excluding hydrogens is 260 g/mol. The zero-order valence-corrected chi connectivity index (χ0v) is 12.3. The predicted molar refractivity (Wildman–Crippen MR) is 83.3 cm³/mol. The van der Waals surface area contributed by atoms with Crippen molar-refractivity contribution in [1.82, 2.24) is 4.90 Å². The van der Waals surface area contributed by atoms with E-state index in [9.17, 15) is 5.11 Å². The Morgan fingerprint density at radius 2 is 2.33 bits per heavy atom. The molecule has 1 aliphatic carbocycles. The van der Waals surface area contributed by atoms with Gasteiger partial charge in [-0.15, -0.1) is 0 Å². The summed E-state index contributed by atoms with van der Waals surface area (Å²) < 4.78 is 0. The molecule has 0 aromatic heterocycles. The number of aromatic hydroxyl groups is 1. The molecule has 1 saturated carbocycles. The molecule has 3 nitrogen and oxygen atoms in total. The molecule has 21 heavy (non-hydrogen) atoms. The van der Waals surface area contributed by atoms with E-state index in [1.54, 1.807) is 11.6 Å². The van der Waals surface area contributed by atoms with Crippen LogP contribution in [0.15, 0.2) is 34.8 Å². The average molecular weight is 280 g/mol. The third-order valence-electron chi connectivity index (χ3n) is 6.26. The van der Waals surface area contributed by atoms with Crippen molar-refractivity contribution < 1.29 is 5.11 Å². The van der Waals surface area contributed by atoms with Crippen molar-refractivity contribution in [1.29, 1.82) is 0 Å². The Hall–Kier alpha value is -1.61. The molecule has 2 bridgehead atoms. The van der Waals surface area contributed by atoms with Gasteiger partial charge in [-0.05, 0) is 55.9 Å². The molecule has 3 aliphatic heterocycles. The van der Waals surface area contributed by atoms with Crippen molar-refractivity contribution in [3.05, 3.63) is 35.4 Å². The highest BCUT2D eigenvalue weighted by Gasteiger charge is 2.60. The minimum absolute atomic E-state index is 0.101. The van der Waals surface area contributed by atoms with E-state index >= 15 is 0 Å². The number of hydrogen-bond donors (Lipinski definition) is 1. The fraction of sp³-hybridized carbons (Fsp3) is 0.500. The van der Waals surface area contributed by atoms with E-state index in [2.05, 4.69) is 17.9 Å². The summed E-state index contributed by atoms with van der Waals surface area (Å²) in [6.45, 7) is 4.47. The van der Waals surface area contributed by atoms with E-state index in [4.69, 9.17) is 4.99 Å². The van der Waals surface area contributed by atoms with Crippen molar-refractivity contribution in [3.63, 3.8) is 0 Å². The monoisotopic (exact) mass is 280 g/mol. The quantitative estimate of drug-likeness (QED) is 0.741. The molecule has 2 saturated heterocycles. The topological polar surface area (TPSA) is 35.8 Å². The number of allylic oxidation sites excluding steroid dienone is 1. The van der Waals surface area contributed by atoms with Crippen LogP contribution in [0, 0.1) is 5.92 Å². The molecule has 5 rings (SSSR count). The summed E-state index contributed by atoms with van der Waals surface area (Å²) in [7, 11) is 0. The van der Waals surface area contributed by atoms with Gasteiger partial charge in [0.05, 0.1) is 11.1 Å². The minimum Gasteiger partial charge on any atom is -0.508 e. The van der Waals surface area contributed by atoms with Crippen LogP contribution in [-0.2, 0) is 5.41 Å². The number of fused-ring (bicyclic) bond motifs is 2. The van der Waals surface area contributed by atoms with Crippen molar-refractivity contribution in [2.75, 3.05) is 13.1 Å². The molecule has 4 aliphatic rings. The average Bonchev–Trinajstić information content (AvgIpc) is 3.03. The molecule has 3 heterocycles. The van der Waals surface area contributed by atoms with Crippen LogP contribution in [0.1, 0.15) is 31.7 Å². The smallest absolute Gasteiger partial charge is 0.116 e. The Kier molecular flexibility index (Phi) is 2.15. The van der Waals surface area contributed by atoms with Gasteiger partial charge in [0.1, 0.15) is 5.75 Å². The Balaban J connectivity index is 1.72. The van der Waals surface area contributed by atoms with Gasteiger partial charge in [0, 0.05) is 24.8 Å². The highest BCUT2D eigenvalue weighted by Crippen LogP contribution is 2.58. The Morgan fingerprint density at radius 3 is 3.19 bits per heavy atom. The third kappa shape index (κ3) is 1.31. The van der Waals surface area contributed by atoms with Gasteiger partial charge < -0.3 is 5.11 Å². The molecule has 108 valence electrons. The molecule has 3 heteroatoms. The lowest BCUT2D eigenvalue weighted by Gasteiger charge is -2.48. The number of phenolic OH excluding ortho intramolecular Hbond substituents is 1. The van der Waals surface area contributed by atoms with Crippen molar-refractivity contribution in [2.24, 2.45) is 10.9 Å². The molecule has 1 aromatic carbocycles. The minimum atomic E-state index is 0.101. The summed E-state index contributed by atoms with van der Waals surface area (Å²) in [6, 6.07) is 6.32. The lowest BCUT2D eigenvalue weighted by molar-refractivity contribution is 0.163. The summed E-state index contributed by atoms with van der Waals surface area (Å²) >= 11 is 0. The lowest BCUT2D eigenvalue weighted by Crippen LogP contribution is -2.55. The van der Waals surface area contributed by atoms with Crippen molar-refractivity contribution in [3.8, 4) is 5.75 Å². The van der Waals surface area contributed by atoms with E-state index in [0.717, 1.165) is 31.6 Å². The normalized spacial score (nSPS) is 38.3. The lowest BCUT2D eigenvalue weighted by atomic mass is 9.61. The SMILES string of the molecule is CC=C1CN2CCC34C(=Nc5ccc(O)cc53)CC1CC24. The predicted octanol–water partition coefficient (Wildman–Crippen LogP) is 3.16. The number of phenols is 1. The van der Waals surface area contributed by atoms with Crippen LogP contribution in [0.4, 0.5) is 5.69 Å². The summed E-state index contributed by atoms with van der Waals surface area (Å²) in [6.07, 6.45) is 5.85. The highest BCUT2D eigenvalue weighted by molar-refractivity contribution is 6.04. The largest absolute Gasteiger partial charge is 0.508 e. The van der Waals surface area contributed by atoms with Gasteiger partial charge in [0.25, 0.3) is 0 Å². The standard InChI is InChI=1S/C18H20N2O/c1-2-11-10-20-6-5-18-14-9-13(21)3-4-15(14)19-16(18)7-12(11)8-17(18)20/h2-4,9,12,17,21H,5-8,10H2,1H3. The van der Waals surface area contributed by atoms with E-state index < -0.39 is 0 Å². The third-order valence-corrected chi connectivity index (χ3v) is 6.26. The van der Waals surface area contributed by atoms with Gasteiger partial charge in [-0.1, -0.05) is 11.6 Å². The molecule has 0 amide bonds. The molecule has 3 fully saturated rings. The molecule has 1 aromatic rings. The van der Waals surface area contributed by atoms with E-state index in [-0.39, 0.29) is 5.41 Å². The zero-order valence-electron chi connectivity index (χ0n) is 12.3. The van der Waals surface area contributed by atoms with Gasteiger partial charge in [-0.2, -0.15) is 0 Å². The fourth-order valence-corrected chi connectivity index (χ4v) is 5.31. The van der Waals surface area contributed by atoms with Gasteiger partial charge in [0.15, 0.2) is 0 Å². The fourth-order valence-electron chi connectivity index (χ4n) is 5.31.